The third kappa shape index (κ3) is 3.14. The molecule has 0 saturated heterocycles. The van der Waals surface area contributed by atoms with E-state index in [1.54, 1.807) is 0 Å². The van der Waals surface area contributed by atoms with E-state index in [-0.39, 0.29) is 0 Å². The molecule has 0 aliphatic rings. The monoisotopic (exact) mass is 278 g/mol. The highest BCUT2D eigenvalue weighted by Gasteiger charge is 2.02. The number of aromatic nitrogens is 1. The molecule has 0 amide bonds. The number of rotatable bonds is 5. The first kappa shape index (κ1) is 13.4. The van der Waals surface area contributed by atoms with E-state index in [1.807, 2.05) is 42.6 Å². The van der Waals surface area contributed by atoms with Crippen molar-refractivity contribution in [1.82, 2.24) is 4.98 Å². The molecule has 3 nitrogen and oxygen atoms in total. The van der Waals surface area contributed by atoms with Crippen LogP contribution in [0.4, 0.5) is 5.82 Å². The predicted molar refractivity (Wildman–Crippen MR) is 86.7 cm³/mol. The van der Waals surface area contributed by atoms with Gasteiger partial charge in [0.25, 0.3) is 0 Å². The van der Waals surface area contributed by atoms with Crippen molar-refractivity contribution in [2.75, 3.05) is 11.9 Å². The van der Waals surface area contributed by atoms with Crippen LogP contribution in [0, 0.1) is 0 Å². The van der Waals surface area contributed by atoms with E-state index in [2.05, 4.69) is 35.4 Å². The fourth-order valence-corrected chi connectivity index (χ4v) is 2.28. The standard InChI is InChI=1S/C18H18N2O/c1-2-19-18-11-10-14(12-20-18)13-21-17-9-5-7-15-6-3-4-8-16(15)17/h3-12H,2,13H2,1H3,(H,19,20). The summed E-state index contributed by atoms with van der Waals surface area (Å²) in [7, 11) is 0. The molecule has 0 spiro atoms. The quantitative estimate of drug-likeness (QED) is 0.757. The summed E-state index contributed by atoms with van der Waals surface area (Å²) in [5.74, 6) is 1.80. The molecule has 1 heterocycles. The van der Waals surface area contributed by atoms with Gasteiger partial charge in [-0.3, -0.25) is 0 Å². The maximum Gasteiger partial charge on any atom is 0.127 e. The topological polar surface area (TPSA) is 34.1 Å². The minimum absolute atomic E-state index is 0.521. The molecular weight excluding hydrogens is 260 g/mol. The molecule has 3 rings (SSSR count). The first-order valence-electron chi connectivity index (χ1n) is 7.16. The second-order valence-electron chi connectivity index (χ2n) is 4.85. The fraction of sp³-hybridized carbons (Fsp3) is 0.167. The van der Waals surface area contributed by atoms with Gasteiger partial charge < -0.3 is 10.1 Å². The zero-order valence-electron chi connectivity index (χ0n) is 12.0. The Morgan fingerprint density at radius 1 is 1.00 bits per heavy atom. The van der Waals surface area contributed by atoms with E-state index in [4.69, 9.17) is 4.74 Å². The molecule has 0 unspecified atom stereocenters. The number of nitrogens with one attached hydrogen (secondary N) is 1. The van der Waals surface area contributed by atoms with E-state index in [9.17, 15) is 0 Å². The Hall–Kier alpha value is -2.55. The van der Waals surface area contributed by atoms with Crippen LogP contribution in [0.2, 0.25) is 0 Å². The van der Waals surface area contributed by atoms with Gasteiger partial charge in [-0.1, -0.05) is 42.5 Å². The molecule has 0 aliphatic carbocycles. The smallest absolute Gasteiger partial charge is 0.127 e. The van der Waals surface area contributed by atoms with E-state index in [0.717, 1.165) is 29.1 Å². The van der Waals surface area contributed by atoms with E-state index in [0.29, 0.717) is 6.61 Å². The minimum Gasteiger partial charge on any atom is -0.488 e. The fourth-order valence-electron chi connectivity index (χ4n) is 2.28. The van der Waals surface area contributed by atoms with E-state index < -0.39 is 0 Å². The Labute approximate surface area is 124 Å². The van der Waals surface area contributed by atoms with Crippen molar-refractivity contribution in [3.8, 4) is 5.75 Å². The number of pyridine rings is 1. The third-order valence-corrected chi connectivity index (χ3v) is 3.33. The molecule has 1 N–H and O–H groups in total. The zero-order chi connectivity index (χ0) is 14.5. The van der Waals surface area contributed by atoms with Crippen LogP contribution >= 0.6 is 0 Å². The van der Waals surface area contributed by atoms with Crippen LogP contribution in [0.3, 0.4) is 0 Å². The number of benzene rings is 2. The first-order valence-corrected chi connectivity index (χ1v) is 7.16. The Bertz CT molecular complexity index is 717. The summed E-state index contributed by atoms with van der Waals surface area (Å²) < 4.78 is 5.94. The predicted octanol–water partition coefficient (Wildman–Crippen LogP) is 4.25. The summed E-state index contributed by atoms with van der Waals surface area (Å²) >= 11 is 0. The van der Waals surface area contributed by atoms with E-state index >= 15 is 0 Å². The lowest BCUT2D eigenvalue weighted by Crippen LogP contribution is -2.01. The molecule has 0 radical (unpaired) electrons. The summed E-state index contributed by atoms with van der Waals surface area (Å²) in [5.41, 5.74) is 1.06. The molecule has 0 aliphatic heterocycles. The van der Waals surface area contributed by atoms with Crippen molar-refractivity contribution in [3.63, 3.8) is 0 Å². The van der Waals surface area contributed by atoms with Crippen LogP contribution < -0.4 is 10.1 Å². The molecule has 106 valence electrons. The highest BCUT2D eigenvalue weighted by atomic mass is 16.5. The SMILES string of the molecule is CCNc1ccc(COc2cccc3ccccc23)cn1. The molecule has 0 saturated carbocycles. The van der Waals surface area contributed by atoms with Gasteiger partial charge in [-0.05, 0) is 24.4 Å². The lowest BCUT2D eigenvalue weighted by Gasteiger charge is -2.09. The first-order chi connectivity index (χ1) is 10.4. The maximum absolute atomic E-state index is 5.94. The summed E-state index contributed by atoms with van der Waals surface area (Å²) in [5, 5.41) is 5.51. The normalized spacial score (nSPS) is 10.5. The van der Waals surface area contributed by atoms with Gasteiger partial charge in [0.1, 0.15) is 18.2 Å². The zero-order valence-corrected chi connectivity index (χ0v) is 12.0. The summed E-state index contributed by atoms with van der Waals surface area (Å²) in [4.78, 5) is 4.35. The molecule has 21 heavy (non-hydrogen) atoms. The number of ether oxygens (including phenoxy) is 1. The Kier molecular flexibility index (Phi) is 4.01. The van der Waals surface area contributed by atoms with Gasteiger partial charge in [-0.15, -0.1) is 0 Å². The highest BCUT2D eigenvalue weighted by Crippen LogP contribution is 2.25. The average Bonchev–Trinajstić information content (AvgIpc) is 2.54. The van der Waals surface area contributed by atoms with Crippen molar-refractivity contribution in [2.45, 2.75) is 13.5 Å². The largest absolute Gasteiger partial charge is 0.488 e. The van der Waals surface area contributed by atoms with Crippen LogP contribution in [-0.4, -0.2) is 11.5 Å². The average molecular weight is 278 g/mol. The third-order valence-electron chi connectivity index (χ3n) is 3.33. The molecule has 0 fully saturated rings. The van der Waals surface area contributed by atoms with Gasteiger partial charge in [-0.25, -0.2) is 4.98 Å². The van der Waals surface area contributed by atoms with Crippen molar-refractivity contribution in [2.24, 2.45) is 0 Å². The molecule has 2 aromatic carbocycles. The number of anilines is 1. The van der Waals surface area contributed by atoms with Gasteiger partial charge in [0.2, 0.25) is 0 Å². The summed E-state index contributed by atoms with van der Waals surface area (Å²) in [6, 6.07) is 18.4. The van der Waals surface area contributed by atoms with Crippen LogP contribution in [0.25, 0.3) is 10.8 Å². The number of fused-ring (bicyclic) bond motifs is 1. The van der Waals surface area contributed by atoms with Crippen LogP contribution in [-0.2, 0) is 6.61 Å². The van der Waals surface area contributed by atoms with Crippen LogP contribution in [0.1, 0.15) is 12.5 Å². The summed E-state index contributed by atoms with van der Waals surface area (Å²) in [6.07, 6.45) is 1.85. The molecule has 3 heteroatoms. The number of nitrogens with zero attached hydrogens (tertiary/aromatic N) is 1. The second-order valence-corrected chi connectivity index (χ2v) is 4.85. The Morgan fingerprint density at radius 3 is 2.67 bits per heavy atom. The van der Waals surface area contributed by atoms with Gasteiger partial charge in [0, 0.05) is 23.7 Å². The van der Waals surface area contributed by atoms with Crippen molar-refractivity contribution in [3.05, 3.63) is 66.4 Å². The van der Waals surface area contributed by atoms with Gasteiger partial charge in [0.05, 0.1) is 0 Å². The molecule has 1 aromatic heterocycles. The lowest BCUT2D eigenvalue weighted by atomic mass is 10.1. The van der Waals surface area contributed by atoms with Crippen LogP contribution in [0.15, 0.2) is 60.8 Å². The van der Waals surface area contributed by atoms with Gasteiger partial charge in [0.15, 0.2) is 0 Å². The Balaban J connectivity index is 1.74. The minimum atomic E-state index is 0.521. The number of hydrogen-bond acceptors (Lipinski definition) is 3. The molecule has 0 atom stereocenters. The molecule has 3 aromatic rings. The molecule has 0 bridgehead atoms. The van der Waals surface area contributed by atoms with Crippen LogP contribution in [0.5, 0.6) is 5.75 Å². The van der Waals surface area contributed by atoms with E-state index in [1.165, 1.54) is 5.39 Å². The lowest BCUT2D eigenvalue weighted by molar-refractivity contribution is 0.309. The maximum atomic E-state index is 5.94. The Morgan fingerprint density at radius 2 is 1.86 bits per heavy atom. The highest BCUT2D eigenvalue weighted by molar-refractivity contribution is 5.88. The summed E-state index contributed by atoms with van der Waals surface area (Å²) in [6.45, 7) is 3.45. The van der Waals surface area contributed by atoms with Gasteiger partial charge in [-0.2, -0.15) is 0 Å². The van der Waals surface area contributed by atoms with Crippen molar-refractivity contribution >= 4 is 16.6 Å². The number of hydrogen-bond donors (Lipinski definition) is 1. The van der Waals surface area contributed by atoms with Gasteiger partial charge >= 0.3 is 0 Å². The second kappa shape index (κ2) is 6.27. The van der Waals surface area contributed by atoms with Crippen molar-refractivity contribution < 1.29 is 4.74 Å². The molecular formula is C18H18N2O. The van der Waals surface area contributed by atoms with Crippen molar-refractivity contribution in [1.29, 1.82) is 0 Å².